The first-order valence-corrected chi connectivity index (χ1v) is 7.81. The van der Waals surface area contributed by atoms with Gasteiger partial charge in [-0.15, -0.1) is 0 Å². The second kappa shape index (κ2) is 6.30. The molecule has 1 aromatic carbocycles. The van der Waals surface area contributed by atoms with E-state index in [-0.39, 0.29) is 11.9 Å². The summed E-state index contributed by atoms with van der Waals surface area (Å²) >= 11 is 0. The van der Waals surface area contributed by atoms with Gasteiger partial charge in [-0.05, 0) is 50.2 Å². The number of rotatable bonds is 4. The first-order chi connectivity index (χ1) is 10.6. The van der Waals surface area contributed by atoms with E-state index in [4.69, 9.17) is 4.52 Å². The summed E-state index contributed by atoms with van der Waals surface area (Å²) in [6.07, 6.45) is 3.84. The van der Waals surface area contributed by atoms with Crippen LogP contribution in [-0.4, -0.2) is 16.0 Å². The van der Waals surface area contributed by atoms with E-state index in [1.807, 2.05) is 6.92 Å². The molecule has 1 amide bonds. The van der Waals surface area contributed by atoms with Crippen molar-refractivity contribution < 1.29 is 9.32 Å². The van der Waals surface area contributed by atoms with Crippen LogP contribution in [0.3, 0.4) is 0 Å². The third-order valence-electron chi connectivity index (χ3n) is 4.22. The van der Waals surface area contributed by atoms with Crippen LogP contribution >= 0.6 is 0 Å². The maximum atomic E-state index is 12.3. The SMILES string of the molecule is Cc1noc(C(C)NC(=O)CC2CCCc3ccccc32)n1. The largest absolute Gasteiger partial charge is 0.345 e. The smallest absolute Gasteiger partial charge is 0.248 e. The molecule has 116 valence electrons. The van der Waals surface area contributed by atoms with Crippen molar-refractivity contribution in [2.75, 3.05) is 0 Å². The molecule has 1 aliphatic rings. The molecule has 1 N–H and O–H groups in total. The molecular weight excluding hydrogens is 278 g/mol. The third-order valence-corrected chi connectivity index (χ3v) is 4.22. The average Bonchev–Trinajstić information content (AvgIpc) is 2.94. The van der Waals surface area contributed by atoms with Crippen molar-refractivity contribution in [3.63, 3.8) is 0 Å². The van der Waals surface area contributed by atoms with Gasteiger partial charge in [-0.25, -0.2) is 0 Å². The van der Waals surface area contributed by atoms with Crippen molar-refractivity contribution in [1.29, 1.82) is 0 Å². The van der Waals surface area contributed by atoms with Crippen molar-refractivity contribution in [1.82, 2.24) is 15.5 Å². The number of carbonyl (C=O) groups is 1. The second-order valence-corrected chi connectivity index (χ2v) is 5.96. The summed E-state index contributed by atoms with van der Waals surface area (Å²) in [5, 5.41) is 6.71. The molecule has 0 aliphatic heterocycles. The van der Waals surface area contributed by atoms with Gasteiger partial charge in [0.1, 0.15) is 6.04 Å². The number of carbonyl (C=O) groups excluding carboxylic acids is 1. The summed E-state index contributed by atoms with van der Waals surface area (Å²) in [4.78, 5) is 16.5. The van der Waals surface area contributed by atoms with Gasteiger partial charge in [0.05, 0.1) is 0 Å². The number of benzene rings is 1. The lowest BCUT2D eigenvalue weighted by atomic mass is 9.81. The lowest BCUT2D eigenvalue weighted by Gasteiger charge is -2.25. The molecule has 1 aromatic heterocycles. The van der Waals surface area contributed by atoms with E-state index in [1.54, 1.807) is 6.92 Å². The highest BCUT2D eigenvalue weighted by molar-refractivity contribution is 5.77. The Morgan fingerprint density at radius 3 is 3.05 bits per heavy atom. The van der Waals surface area contributed by atoms with E-state index >= 15 is 0 Å². The lowest BCUT2D eigenvalue weighted by Crippen LogP contribution is -2.29. The van der Waals surface area contributed by atoms with Gasteiger partial charge in [-0.2, -0.15) is 4.98 Å². The molecule has 3 rings (SSSR count). The molecule has 0 spiro atoms. The molecule has 1 aliphatic carbocycles. The van der Waals surface area contributed by atoms with Crippen molar-refractivity contribution >= 4 is 5.91 Å². The fourth-order valence-corrected chi connectivity index (χ4v) is 3.14. The molecule has 22 heavy (non-hydrogen) atoms. The predicted molar refractivity (Wildman–Crippen MR) is 82.3 cm³/mol. The maximum absolute atomic E-state index is 12.3. The Morgan fingerprint density at radius 2 is 2.27 bits per heavy atom. The van der Waals surface area contributed by atoms with Gasteiger partial charge in [0.25, 0.3) is 0 Å². The summed E-state index contributed by atoms with van der Waals surface area (Å²) < 4.78 is 5.10. The molecular formula is C17H21N3O2. The van der Waals surface area contributed by atoms with Crippen molar-refractivity contribution in [3.8, 4) is 0 Å². The molecule has 2 unspecified atom stereocenters. The quantitative estimate of drug-likeness (QED) is 0.942. The van der Waals surface area contributed by atoms with Crippen molar-refractivity contribution in [3.05, 3.63) is 47.1 Å². The number of hydrogen-bond donors (Lipinski definition) is 1. The molecule has 5 heteroatoms. The number of nitrogens with one attached hydrogen (secondary N) is 1. The van der Waals surface area contributed by atoms with Gasteiger partial charge in [0, 0.05) is 6.42 Å². The minimum atomic E-state index is -0.257. The second-order valence-electron chi connectivity index (χ2n) is 5.96. The molecule has 2 atom stereocenters. The minimum absolute atomic E-state index is 0.0325. The predicted octanol–water partition coefficient (Wildman–Crippen LogP) is 3.07. The van der Waals surface area contributed by atoms with Gasteiger partial charge < -0.3 is 9.84 Å². The van der Waals surface area contributed by atoms with Crippen LogP contribution in [0.4, 0.5) is 0 Å². The van der Waals surface area contributed by atoms with Gasteiger partial charge >= 0.3 is 0 Å². The Hall–Kier alpha value is -2.17. The molecule has 0 bridgehead atoms. The molecule has 2 aromatic rings. The number of aryl methyl sites for hydroxylation is 2. The van der Waals surface area contributed by atoms with Crippen molar-refractivity contribution in [2.45, 2.75) is 51.5 Å². The van der Waals surface area contributed by atoms with Gasteiger partial charge in [0.15, 0.2) is 5.82 Å². The Morgan fingerprint density at radius 1 is 1.45 bits per heavy atom. The highest BCUT2D eigenvalue weighted by Gasteiger charge is 2.23. The van der Waals surface area contributed by atoms with E-state index < -0.39 is 0 Å². The molecule has 0 radical (unpaired) electrons. The number of hydrogen-bond acceptors (Lipinski definition) is 4. The normalized spacial score (nSPS) is 18.5. The monoisotopic (exact) mass is 299 g/mol. The topological polar surface area (TPSA) is 68.0 Å². The Balaban J connectivity index is 1.63. The summed E-state index contributed by atoms with van der Waals surface area (Å²) in [5.41, 5.74) is 2.71. The van der Waals surface area contributed by atoms with Gasteiger partial charge in [-0.3, -0.25) is 4.79 Å². The summed E-state index contributed by atoms with van der Waals surface area (Å²) in [5.74, 6) is 1.37. The van der Waals surface area contributed by atoms with Crippen LogP contribution in [-0.2, 0) is 11.2 Å². The summed E-state index contributed by atoms with van der Waals surface area (Å²) in [6, 6.07) is 8.19. The van der Waals surface area contributed by atoms with Crippen LogP contribution in [0.2, 0.25) is 0 Å². The van der Waals surface area contributed by atoms with Crippen molar-refractivity contribution in [2.24, 2.45) is 0 Å². The van der Waals surface area contributed by atoms with Crippen LogP contribution in [0.15, 0.2) is 28.8 Å². The summed E-state index contributed by atoms with van der Waals surface area (Å²) in [7, 11) is 0. The molecule has 0 saturated carbocycles. The van der Waals surface area contributed by atoms with Crippen LogP contribution in [0.25, 0.3) is 0 Å². The number of amides is 1. The zero-order valence-corrected chi connectivity index (χ0v) is 13.0. The third kappa shape index (κ3) is 3.18. The Bertz CT molecular complexity index is 665. The summed E-state index contributed by atoms with van der Waals surface area (Å²) in [6.45, 7) is 3.63. The zero-order valence-electron chi connectivity index (χ0n) is 13.0. The number of fused-ring (bicyclic) bond motifs is 1. The number of nitrogens with zero attached hydrogens (tertiary/aromatic N) is 2. The Kier molecular flexibility index (Phi) is 4.22. The molecule has 5 nitrogen and oxygen atoms in total. The van der Waals surface area contributed by atoms with Gasteiger partial charge in [-0.1, -0.05) is 29.4 Å². The van der Waals surface area contributed by atoms with Crippen LogP contribution in [0.5, 0.6) is 0 Å². The zero-order chi connectivity index (χ0) is 15.5. The van der Waals surface area contributed by atoms with Gasteiger partial charge in [0.2, 0.25) is 11.8 Å². The fourth-order valence-electron chi connectivity index (χ4n) is 3.14. The molecule has 1 heterocycles. The van der Waals surface area contributed by atoms with Crippen LogP contribution < -0.4 is 5.32 Å². The molecule has 0 saturated heterocycles. The minimum Gasteiger partial charge on any atom is -0.345 e. The first-order valence-electron chi connectivity index (χ1n) is 7.81. The lowest BCUT2D eigenvalue weighted by molar-refractivity contribution is -0.122. The van der Waals surface area contributed by atoms with E-state index in [0.717, 1.165) is 19.3 Å². The number of aromatic nitrogens is 2. The molecule has 0 fully saturated rings. The fraction of sp³-hybridized carbons (Fsp3) is 0.471. The first kappa shape index (κ1) is 14.8. The van der Waals surface area contributed by atoms with E-state index in [1.165, 1.54) is 11.1 Å². The van der Waals surface area contributed by atoms with Crippen LogP contribution in [0.1, 0.15) is 61.0 Å². The highest BCUT2D eigenvalue weighted by Crippen LogP contribution is 2.33. The van der Waals surface area contributed by atoms with Crippen LogP contribution in [0, 0.1) is 6.92 Å². The Labute approximate surface area is 130 Å². The van der Waals surface area contributed by atoms with E-state index in [0.29, 0.717) is 24.1 Å². The standard InChI is InChI=1S/C17H21N3O2/c1-11(17-19-12(2)20-22-17)18-16(21)10-14-8-5-7-13-6-3-4-9-15(13)14/h3-4,6,9,11,14H,5,7-8,10H2,1-2H3,(H,18,21). The highest BCUT2D eigenvalue weighted by atomic mass is 16.5. The van der Waals surface area contributed by atoms with E-state index in [2.05, 4.69) is 39.7 Å². The van der Waals surface area contributed by atoms with E-state index in [9.17, 15) is 4.79 Å². The average molecular weight is 299 g/mol. The maximum Gasteiger partial charge on any atom is 0.248 e.